The molecule has 0 fully saturated rings. The first kappa shape index (κ1) is 27.0. The van der Waals surface area contributed by atoms with Crippen molar-refractivity contribution in [2.24, 2.45) is 0 Å². The summed E-state index contributed by atoms with van der Waals surface area (Å²) in [5.41, 5.74) is 6.02. The Kier molecular flexibility index (Phi) is 6.78. The molecule has 0 saturated carbocycles. The molecule has 6 aromatic rings. The maximum Gasteiger partial charge on any atom is 0.135 e. The number of pyridine rings is 3. The standard InChI is InChI=1S/C33H27N6O.Pt/c1-33(2,3)22-11-15-35-31(17-22)39-27-8-6-5-7-25(27)26-10-9-24(19-29(26)39)40-32-18-23(12-16-36-32)38-21-37(4)28-13-14-34-20-30(28)38;/h5-17,20-21H,1-4H3;/q-3;. The van der Waals surface area contributed by atoms with Crippen LogP contribution in [0.15, 0.2) is 85.5 Å². The number of fused-ring (bicyclic) bond motifs is 4. The quantitative estimate of drug-likeness (QED) is 0.178. The maximum atomic E-state index is 6.24. The van der Waals surface area contributed by atoms with E-state index in [1.54, 1.807) is 12.4 Å². The molecule has 1 aliphatic heterocycles. The van der Waals surface area contributed by atoms with Crippen molar-refractivity contribution in [2.75, 3.05) is 16.8 Å². The summed E-state index contributed by atoms with van der Waals surface area (Å²) in [6, 6.07) is 27.3. The second-order valence-electron chi connectivity index (χ2n) is 10.9. The number of aromatic nitrogens is 4. The van der Waals surface area contributed by atoms with E-state index in [0.717, 1.165) is 44.7 Å². The van der Waals surface area contributed by atoms with Gasteiger partial charge in [-0.1, -0.05) is 44.5 Å². The average molecular weight is 719 g/mol. The molecule has 0 unspecified atom stereocenters. The molecule has 0 saturated heterocycles. The number of benzene rings is 2. The number of ether oxygens (including phenoxy) is 1. The van der Waals surface area contributed by atoms with Gasteiger partial charge in [0.2, 0.25) is 0 Å². The van der Waals surface area contributed by atoms with Crippen molar-refractivity contribution in [2.45, 2.75) is 26.2 Å². The molecule has 0 atom stereocenters. The Bertz CT molecular complexity index is 1890. The Morgan fingerprint density at radius 2 is 1.68 bits per heavy atom. The van der Waals surface area contributed by atoms with Gasteiger partial charge >= 0.3 is 0 Å². The molecule has 0 radical (unpaired) electrons. The van der Waals surface area contributed by atoms with E-state index in [-0.39, 0.29) is 26.5 Å². The van der Waals surface area contributed by atoms with Crippen molar-refractivity contribution >= 4 is 38.9 Å². The van der Waals surface area contributed by atoms with Crippen LogP contribution < -0.4 is 14.5 Å². The van der Waals surface area contributed by atoms with Crippen LogP contribution in [-0.2, 0) is 26.5 Å². The van der Waals surface area contributed by atoms with Gasteiger partial charge in [0.1, 0.15) is 11.7 Å². The third kappa shape index (κ3) is 4.74. The zero-order valence-electron chi connectivity index (χ0n) is 23.1. The van der Waals surface area contributed by atoms with Gasteiger partial charge in [-0.2, -0.15) is 30.6 Å². The van der Waals surface area contributed by atoms with Crippen molar-refractivity contribution in [1.29, 1.82) is 0 Å². The Labute approximate surface area is 253 Å². The monoisotopic (exact) mass is 718 g/mol. The van der Waals surface area contributed by atoms with Crippen LogP contribution in [0.1, 0.15) is 26.3 Å². The molecule has 2 aromatic carbocycles. The SMILES string of the molecule is CN1[CH-]N(c2[c-]c(Oc3[c-]c4c(cc3)c3ccccc3n4-c3cc(C(C)(C)C)ccn3)ncc2)c2cnccc21.[Pt]. The zero-order valence-corrected chi connectivity index (χ0v) is 25.3. The zero-order chi connectivity index (χ0) is 27.4. The van der Waals surface area contributed by atoms with Gasteiger partial charge in [0, 0.05) is 56.6 Å². The van der Waals surface area contributed by atoms with Gasteiger partial charge in [0.05, 0.1) is 5.69 Å². The summed E-state index contributed by atoms with van der Waals surface area (Å²) in [5, 5.41) is 2.21. The Morgan fingerprint density at radius 1 is 0.854 bits per heavy atom. The van der Waals surface area contributed by atoms with Crippen molar-refractivity contribution in [1.82, 2.24) is 19.5 Å². The van der Waals surface area contributed by atoms with Crippen molar-refractivity contribution in [3.63, 3.8) is 0 Å². The van der Waals surface area contributed by atoms with Crippen LogP contribution in [0, 0.1) is 18.8 Å². The topological polar surface area (TPSA) is 59.3 Å². The predicted octanol–water partition coefficient (Wildman–Crippen LogP) is 7.36. The molecule has 4 aromatic heterocycles. The molecule has 0 aliphatic carbocycles. The van der Waals surface area contributed by atoms with Gasteiger partial charge in [0.25, 0.3) is 0 Å². The van der Waals surface area contributed by atoms with Crippen LogP contribution in [0.5, 0.6) is 11.6 Å². The van der Waals surface area contributed by atoms with Crippen LogP contribution in [0.25, 0.3) is 27.6 Å². The van der Waals surface area contributed by atoms with E-state index in [1.165, 1.54) is 5.56 Å². The fourth-order valence-electron chi connectivity index (χ4n) is 5.19. The largest absolute Gasteiger partial charge is 0.504 e. The molecular formula is C33H27N6OPt-3. The summed E-state index contributed by atoms with van der Waals surface area (Å²) in [5.74, 6) is 1.76. The van der Waals surface area contributed by atoms with Crippen LogP contribution in [-0.4, -0.2) is 26.6 Å². The number of nitrogens with zero attached hydrogens (tertiary/aromatic N) is 6. The molecule has 41 heavy (non-hydrogen) atoms. The minimum absolute atomic E-state index is 0. The van der Waals surface area contributed by atoms with Crippen molar-refractivity contribution in [3.05, 3.63) is 110 Å². The molecule has 208 valence electrons. The van der Waals surface area contributed by atoms with E-state index >= 15 is 0 Å². The number of para-hydroxylation sites is 1. The Hall–Kier alpha value is -4.22. The number of hydrogen-bond acceptors (Lipinski definition) is 6. The first-order chi connectivity index (χ1) is 19.4. The van der Waals surface area contributed by atoms with Gasteiger partial charge in [-0.3, -0.25) is 9.97 Å². The molecular weight excluding hydrogens is 691 g/mol. The van der Waals surface area contributed by atoms with Crippen LogP contribution >= 0.6 is 0 Å². The molecule has 7 nitrogen and oxygen atoms in total. The summed E-state index contributed by atoms with van der Waals surface area (Å²) < 4.78 is 8.39. The van der Waals surface area contributed by atoms with Crippen molar-refractivity contribution in [3.8, 4) is 17.4 Å². The second kappa shape index (κ2) is 10.3. The number of hydrogen-bond donors (Lipinski definition) is 0. The summed E-state index contributed by atoms with van der Waals surface area (Å²) in [6.07, 6.45) is 7.23. The third-order valence-corrected chi connectivity index (χ3v) is 7.23. The van der Waals surface area contributed by atoms with E-state index in [0.29, 0.717) is 11.6 Å². The molecule has 8 heteroatoms. The van der Waals surface area contributed by atoms with Gasteiger partial charge < -0.3 is 19.1 Å². The Balaban J connectivity index is 0.00000302. The van der Waals surface area contributed by atoms with E-state index in [2.05, 4.69) is 88.7 Å². The normalized spacial score (nSPS) is 13.0. The average Bonchev–Trinajstić information content (AvgIpc) is 3.47. The predicted molar refractivity (Wildman–Crippen MR) is 158 cm³/mol. The van der Waals surface area contributed by atoms with Crippen LogP contribution in [0.4, 0.5) is 17.1 Å². The van der Waals surface area contributed by atoms with E-state index in [9.17, 15) is 0 Å². The van der Waals surface area contributed by atoms with E-state index in [1.807, 2.05) is 55.3 Å². The molecule has 5 heterocycles. The minimum atomic E-state index is -0.000883. The van der Waals surface area contributed by atoms with E-state index < -0.39 is 0 Å². The fourth-order valence-corrected chi connectivity index (χ4v) is 5.19. The first-order valence-electron chi connectivity index (χ1n) is 13.2. The molecule has 7 rings (SSSR count). The molecule has 0 amide bonds. The first-order valence-corrected chi connectivity index (χ1v) is 13.2. The Morgan fingerprint density at radius 3 is 2.54 bits per heavy atom. The number of anilines is 3. The maximum absolute atomic E-state index is 6.24. The second-order valence-corrected chi connectivity index (χ2v) is 10.9. The van der Waals surface area contributed by atoms with Crippen LogP contribution in [0.3, 0.4) is 0 Å². The summed E-state index contributed by atoms with van der Waals surface area (Å²) in [7, 11) is 2.01. The minimum Gasteiger partial charge on any atom is -0.504 e. The molecule has 1 aliphatic rings. The molecule has 0 bridgehead atoms. The van der Waals surface area contributed by atoms with Crippen LogP contribution in [0.2, 0.25) is 0 Å². The summed E-state index contributed by atoms with van der Waals surface area (Å²) >= 11 is 0. The summed E-state index contributed by atoms with van der Waals surface area (Å²) in [6.45, 7) is 8.62. The molecule has 0 spiro atoms. The fraction of sp³-hybridized carbons (Fsp3) is 0.152. The third-order valence-electron chi connectivity index (χ3n) is 7.23. The summed E-state index contributed by atoms with van der Waals surface area (Å²) in [4.78, 5) is 17.6. The number of rotatable bonds is 4. The van der Waals surface area contributed by atoms with Gasteiger partial charge in [-0.25, -0.2) is 4.98 Å². The van der Waals surface area contributed by atoms with Crippen molar-refractivity contribution < 1.29 is 25.8 Å². The van der Waals surface area contributed by atoms with E-state index in [4.69, 9.17) is 9.72 Å². The smallest absolute Gasteiger partial charge is 0.135 e. The molecule has 0 N–H and O–H groups in total. The van der Waals surface area contributed by atoms with Gasteiger partial charge in [-0.05, 0) is 53.9 Å². The van der Waals surface area contributed by atoms with Gasteiger partial charge in [0.15, 0.2) is 0 Å². The van der Waals surface area contributed by atoms with Gasteiger partial charge in [-0.15, -0.1) is 17.5 Å².